The largest absolute Gasteiger partial charge is 0.494 e. The van der Waals surface area contributed by atoms with Gasteiger partial charge in [-0.15, -0.1) is 0 Å². The molecular formula is C21H28N2O4S. The lowest BCUT2D eigenvalue weighted by molar-refractivity contribution is -0.121. The van der Waals surface area contributed by atoms with Crippen LogP contribution >= 0.6 is 0 Å². The SMILES string of the molecule is CCOc1ccc(N(CCCC(=O)NCc2cccc(C)c2)S(C)(=O)=O)cc1. The molecule has 0 fully saturated rings. The zero-order valence-electron chi connectivity index (χ0n) is 16.6. The highest BCUT2D eigenvalue weighted by molar-refractivity contribution is 7.92. The van der Waals surface area contributed by atoms with Crippen molar-refractivity contribution >= 4 is 21.6 Å². The van der Waals surface area contributed by atoms with Crippen molar-refractivity contribution in [1.82, 2.24) is 5.32 Å². The second-order valence-electron chi connectivity index (χ2n) is 6.63. The molecule has 0 radical (unpaired) electrons. The number of nitrogens with one attached hydrogen (secondary N) is 1. The van der Waals surface area contributed by atoms with Gasteiger partial charge < -0.3 is 10.1 Å². The van der Waals surface area contributed by atoms with Crippen molar-refractivity contribution in [3.05, 3.63) is 59.7 Å². The lowest BCUT2D eigenvalue weighted by Crippen LogP contribution is -2.32. The number of benzene rings is 2. The van der Waals surface area contributed by atoms with E-state index in [0.717, 1.165) is 11.1 Å². The molecule has 0 spiro atoms. The van der Waals surface area contributed by atoms with Crippen LogP contribution in [-0.4, -0.2) is 33.7 Å². The molecular weight excluding hydrogens is 376 g/mol. The first-order valence-electron chi connectivity index (χ1n) is 9.32. The van der Waals surface area contributed by atoms with Crippen LogP contribution in [0.5, 0.6) is 5.75 Å². The zero-order chi connectivity index (χ0) is 20.6. The molecule has 1 amide bonds. The Balaban J connectivity index is 1.88. The summed E-state index contributed by atoms with van der Waals surface area (Å²) in [6.45, 7) is 5.15. The van der Waals surface area contributed by atoms with E-state index in [0.29, 0.717) is 31.0 Å². The monoisotopic (exact) mass is 404 g/mol. The summed E-state index contributed by atoms with van der Waals surface area (Å²) in [4.78, 5) is 12.1. The number of aryl methyl sites for hydroxylation is 1. The van der Waals surface area contributed by atoms with E-state index >= 15 is 0 Å². The standard InChI is InChI=1S/C21H28N2O4S/c1-4-27-20-12-10-19(11-13-20)23(28(3,25)26)14-6-9-21(24)22-16-18-8-5-7-17(2)15-18/h5,7-8,10-13,15H,4,6,9,14,16H2,1-3H3,(H,22,24). The van der Waals surface area contributed by atoms with Crippen LogP contribution in [0.3, 0.4) is 0 Å². The summed E-state index contributed by atoms with van der Waals surface area (Å²) < 4.78 is 31.0. The van der Waals surface area contributed by atoms with E-state index in [1.807, 2.05) is 38.1 Å². The molecule has 0 saturated heterocycles. The zero-order valence-corrected chi connectivity index (χ0v) is 17.5. The summed E-state index contributed by atoms with van der Waals surface area (Å²) in [5, 5.41) is 2.88. The number of carbonyl (C=O) groups excluding carboxylic acids is 1. The highest BCUT2D eigenvalue weighted by Crippen LogP contribution is 2.22. The molecule has 2 aromatic rings. The minimum Gasteiger partial charge on any atom is -0.494 e. The van der Waals surface area contributed by atoms with Gasteiger partial charge in [0.1, 0.15) is 5.75 Å². The molecule has 0 bridgehead atoms. The molecule has 6 nitrogen and oxygen atoms in total. The van der Waals surface area contributed by atoms with Gasteiger partial charge in [0.25, 0.3) is 0 Å². The van der Waals surface area contributed by atoms with Crippen molar-refractivity contribution in [1.29, 1.82) is 0 Å². The smallest absolute Gasteiger partial charge is 0.232 e. The fourth-order valence-corrected chi connectivity index (χ4v) is 3.82. The molecule has 0 aliphatic heterocycles. The second-order valence-corrected chi connectivity index (χ2v) is 8.54. The minimum absolute atomic E-state index is 0.0957. The molecule has 2 aromatic carbocycles. The van der Waals surface area contributed by atoms with Crippen LogP contribution in [0.4, 0.5) is 5.69 Å². The van der Waals surface area contributed by atoms with E-state index in [9.17, 15) is 13.2 Å². The van der Waals surface area contributed by atoms with Gasteiger partial charge >= 0.3 is 0 Å². The summed E-state index contributed by atoms with van der Waals surface area (Å²) in [5.74, 6) is 0.594. The van der Waals surface area contributed by atoms with E-state index in [4.69, 9.17) is 4.74 Å². The van der Waals surface area contributed by atoms with Gasteiger partial charge in [0.15, 0.2) is 0 Å². The summed E-state index contributed by atoms with van der Waals surface area (Å²) in [6.07, 6.45) is 1.86. The molecule has 7 heteroatoms. The predicted octanol–water partition coefficient (Wildman–Crippen LogP) is 3.26. The predicted molar refractivity (Wildman–Crippen MR) is 112 cm³/mol. The van der Waals surface area contributed by atoms with Crippen LogP contribution in [0.1, 0.15) is 30.9 Å². The van der Waals surface area contributed by atoms with E-state index in [2.05, 4.69) is 5.32 Å². The Hall–Kier alpha value is -2.54. The highest BCUT2D eigenvalue weighted by atomic mass is 32.2. The van der Waals surface area contributed by atoms with Gasteiger partial charge in [-0.2, -0.15) is 0 Å². The van der Waals surface area contributed by atoms with Crippen LogP contribution in [0.25, 0.3) is 0 Å². The van der Waals surface area contributed by atoms with Crippen LogP contribution in [0.2, 0.25) is 0 Å². The van der Waals surface area contributed by atoms with Gasteiger partial charge in [-0.05, 0) is 50.1 Å². The molecule has 1 N–H and O–H groups in total. The van der Waals surface area contributed by atoms with Crippen molar-refractivity contribution in [2.45, 2.75) is 33.2 Å². The molecule has 0 heterocycles. The third-order valence-electron chi connectivity index (χ3n) is 4.17. The molecule has 0 aromatic heterocycles. The number of hydrogen-bond donors (Lipinski definition) is 1. The molecule has 0 atom stereocenters. The molecule has 28 heavy (non-hydrogen) atoms. The maximum atomic E-state index is 12.2. The van der Waals surface area contributed by atoms with Crippen molar-refractivity contribution in [3.8, 4) is 5.75 Å². The fourth-order valence-electron chi connectivity index (χ4n) is 2.86. The number of nitrogens with zero attached hydrogens (tertiary/aromatic N) is 1. The fraction of sp³-hybridized carbons (Fsp3) is 0.381. The molecule has 0 aliphatic carbocycles. The summed E-state index contributed by atoms with van der Waals surface area (Å²) in [6, 6.07) is 14.9. The van der Waals surface area contributed by atoms with Gasteiger partial charge in [0.2, 0.25) is 15.9 Å². The summed E-state index contributed by atoms with van der Waals surface area (Å²) >= 11 is 0. The first-order valence-corrected chi connectivity index (χ1v) is 11.2. The molecule has 152 valence electrons. The number of sulfonamides is 1. The van der Waals surface area contributed by atoms with Crippen LogP contribution in [0.15, 0.2) is 48.5 Å². The van der Waals surface area contributed by atoms with Crippen molar-refractivity contribution < 1.29 is 17.9 Å². The van der Waals surface area contributed by atoms with E-state index in [1.54, 1.807) is 24.3 Å². The Kier molecular flexibility index (Phi) is 7.87. The third-order valence-corrected chi connectivity index (χ3v) is 5.37. The number of hydrogen-bond acceptors (Lipinski definition) is 4. The van der Waals surface area contributed by atoms with Crippen molar-refractivity contribution in [3.63, 3.8) is 0 Å². The third kappa shape index (κ3) is 6.88. The van der Waals surface area contributed by atoms with Crippen LogP contribution in [0, 0.1) is 6.92 Å². The highest BCUT2D eigenvalue weighted by Gasteiger charge is 2.17. The first kappa shape index (κ1) is 21.8. The van der Waals surface area contributed by atoms with Gasteiger partial charge in [0, 0.05) is 19.5 Å². The Morgan fingerprint density at radius 3 is 2.46 bits per heavy atom. The van der Waals surface area contributed by atoms with Gasteiger partial charge in [-0.25, -0.2) is 8.42 Å². The van der Waals surface area contributed by atoms with Gasteiger partial charge in [0.05, 0.1) is 18.6 Å². The number of amides is 1. The Morgan fingerprint density at radius 1 is 1.14 bits per heavy atom. The first-order chi connectivity index (χ1) is 13.3. The molecule has 0 aliphatic rings. The number of anilines is 1. The van der Waals surface area contributed by atoms with Crippen molar-refractivity contribution in [2.75, 3.05) is 23.7 Å². The molecule has 0 saturated carbocycles. The minimum atomic E-state index is -3.44. The number of ether oxygens (including phenoxy) is 1. The number of rotatable bonds is 10. The van der Waals surface area contributed by atoms with Gasteiger partial charge in [-0.3, -0.25) is 9.10 Å². The van der Waals surface area contributed by atoms with E-state index in [-0.39, 0.29) is 18.9 Å². The molecule has 2 rings (SSSR count). The quantitative estimate of drug-likeness (QED) is 0.659. The van der Waals surface area contributed by atoms with Crippen LogP contribution < -0.4 is 14.4 Å². The van der Waals surface area contributed by atoms with Gasteiger partial charge in [-0.1, -0.05) is 29.8 Å². The number of carbonyl (C=O) groups is 1. The van der Waals surface area contributed by atoms with Crippen LogP contribution in [-0.2, 0) is 21.4 Å². The topological polar surface area (TPSA) is 75.7 Å². The maximum absolute atomic E-state index is 12.2. The normalized spacial score (nSPS) is 11.1. The van der Waals surface area contributed by atoms with E-state index < -0.39 is 10.0 Å². The maximum Gasteiger partial charge on any atom is 0.232 e. The average molecular weight is 405 g/mol. The summed E-state index contributed by atoms with van der Waals surface area (Å²) in [7, 11) is -3.44. The Bertz CT molecular complexity index is 880. The van der Waals surface area contributed by atoms with Crippen molar-refractivity contribution in [2.24, 2.45) is 0 Å². The molecule has 0 unspecified atom stereocenters. The lowest BCUT2D eigenvalue weighted by Gasteiger charge is -2.22. The summed E-state index contributed by atoms with van der Waals surface area (Å²) in [5.41, 5.74) is 2.75. The Labute approximate surface area is 167 Å². The Morgan fingerprint density at radius 2 is 1.86 bits per heavy atom. The average Bonchev–Trinajstić information content (AvgIpc) is 2.64. The van der Waals surface area contributed by atoms with E-state index in [1.165, 1.54) is 10.6 Å². The second kappa shape index (κ2) is 10.1. The lowest BCUT2D eigenvalue weighted by atomic mass is 10.1.